The number of carbonyl (C=O) groups is 1. The zero-order valence-electron chi connectivity index (χ0n) is 25.2. The van der Waals surface area contributed by atoms with Crippen molar-refractivity contribution in [3.05, 3.63) is 59.1 Å². The first-order valence-corrected chi connectivity index (χ1v) is 16.9. The zero-order valence-corrected chi connectivity index (χ0v) is 26.8. The molecular formula is C31H35ClF3N5O5S. The van der Waals surface area contributed by atoms with Crippen molar-refractivity contribution in [3.8, 4) is 17.0 Å². The third-order valence-corrected chi connectivity index (χ3v) is 10.9. The Hall–Kier alpha value is -3.62. The van der Waals surface area contributed by atoms with Gasteiger partial charge in [0.1, 0.15) is 11.9 Å². The van der Waals surface area contributed by atoms with Gasteiger partial charge in [0.25, 0.3) is 0 Å². The van der Waals surface area contributed by atoms with Gasteiger partial charge in [-0.05, 0) is 66.5 Å². The van der Waals surface area contributed by atoms with E-state index in [1.54, 1.807) is 0 Å². The van der Waals surface area contributed by atoms with Gasteiger partial charge < -0.3 is 25.8 Å². The minimum absolute atomic E-state index is 0.0310. The Morgan fingerprint density at radius 2 is 1.89 bits per heavy atom. The second-order valence-electron chi connectivity index (χ2n) is 11.7. The largest absolute Gasteiger partial charge is 0.480 e. The number of anilines is 2. The Kier molecular flexibility index (Phi) is 9.45. The number of rotatable bonds is 9. The van der Waals surface area contributed by atoms with Crippen molar-refractivity contribution in [1.82, 2.24) is 15.3 Å². The third kappa shape index (κ3) is 6.88. The van der Waals surface area contributed by atoms with Crippen molar-refractivity contribution < 1.29 is 36.2 Å². The molecule has 2 fully saturated rings. The SMILES string of the molecule is CCC1NC(C(=O)O)CC12CCN(c1cc(O[C@H](c3ccc(Cl)cc3-c3cccc(S(=O)(=O)CC)c3)C(F)(F)F)nc(N)n1)CC2. The summed E-state index contributed by atoms with van der Waals surface area (Å²) in [6, 6.07) is 10.2. The van der Waals surface area contributed by atoms with E-state index in [-0.39, 0.29) is 49.8 Å². The predicted octanol–water partition coefficient (Wildman–Crippen LogP) is 5.67. The summed E-state index contributed by atoms with van der Waals surface area (Å²) in [6.45, 7) is 4.47. The molecule has 46 heavy (non-hydrogen) atoms. The van der Waals surface area contributed by atoms with Gasteiger partial charge in [-0.15, -0.1) is 0 Å². The Bertz CT molecular complexity index is 1720. The van der Waals surface area contributed by atoms with Gasteiger partial charge >= 0.3 is 12.1 Å². The molecule has 0 aliphatic carbocycles. The van der Waals surface area contributed by atoms with Crippen molar-refractivity contribution in [1.29, 1.82) is 0 Å². The minimum Gasteiger partial charge on any atom is -0.480 e. The van der Waals surface area contributed by atoms with Crippen LogP contribution >= 0.6 is 11.6 Å². The number of halogens is 4. The molecule has 2 unspecified atom stereocenters. The molecule has 5 rings (SSSR count). The number of piperidine rings is 1. The highest BCUT2D eigenvalue weighted by atomic mass is 35.5. The lowest BCUT2D eigenvalue weighted by Gasteiger charge is -2.43. The van der Waals surface area contributed by atoms with Gasteiger partial charge in [-0.3, -0.25) is 4.79 Å². The highest BCUT2D eigenvalue weighted by Gasteiger charge is 2.50. The van der Waals surface area contributed by atoms with Crippen molar-refractivity contribution in [2.75, 3.05) is 29.5 Å². The molecule has 2 aromatic carbocycles. The lowest BCUT2D eigenvalue weighted by Crippen LogP contribution is -2.46. The molecule has 15 heteroatoms. The van der Waals surface area contributed by atoms with E-state index in [0.717, 1.165) is 6.42 Å². The summed E-state index contributed by atoms with van der Waals surface area (Å²) in [5.41, 5.74) is 5.70. The normalized spacial score (nSPS) is 20.5. The summed E-state index contributed by atoms with van der Waals surface area (Å²) in [4.78, 5) is 21.7. The van der Waals surface area contributed by atoms with Crippen LogP contribution in [-0.4, -0.2) is 66.6 Å². The Balaban J connectivity index is 1.45. The number of nitrogens with one attached hydrogen (secondary N) is 1. The van der Waals surface area contributed by atoms with Crippen LogP contribution in [0.4, 0.5) is 24.9 Å². The van der Waals surface area contributed by atoms with E-state index < -0.39 is 40.0 Å². The summed E-state index contributed by atoms with van der Waals surface area (Å²) >= 11 is 6.20. The molecule has 3 aromatic rings. The van der Waals surface area contributed by atoms with Gasteiger partial charge in [0.05, 0.1) is 10.6 Å². The van der Waals surface area contributed by atoms with Gasteiger partial charge in [0.15, 0.2) is 9.84 Å². The molecule has 2 aliphatic rings. The van der Waals surface area contributed by atoms with Gasteiger partial charge in [-0.2, -0.15) is 23.1 Å². The fraction of sp³-hybridized carbons (Fsp3) is 0.452. The number of aliphatic carboxylic acids is 1. The average Bonchev–Trinajstić information content (AvgIpc) is 3.37. The van der Waals surface area contributed by atoms with Crippen molar-refractivity contribution in [3.63, 3.8) is 0 Å². The molecule has 248 valence electrons. The van der Waals surface area contributed by atoms with Crippen molar-refractivity contribution in [2.24, 2.45) is 5.41 Å². The van der Waals surface area contributed by atoms with Crippen molar-refractivity contribution in [2.45, 2.75) is 68.8 Å². The summed E-state index contributed by atoms with van der Waals surface area (Å²) < 4.78 is 74.7. The maximum absolute atomic E-state index is 14.7. The van der Waals surface area contributed by atoms with Crippen molar-refractivity contribution >= 4 is 39.2 Å². The number of nitrogens with two attached hydrogens (primary N) is 1. The van der Waals surface area contributed by atoms with Crippen LogP contribution in [0.15, 0.2) is 53.4 Å². The smallest absolute Gasteiger partial charge is 0.429 e. The van der Waals surface area contributed by atoms with E-state index in [1.165, 1.54) is 55.5 Å². The molecule has 2 saturated heterocycles. The van der Waals surface area contributed by atoms with Crippen LogP contribution in [0, 0.1) is 5.41 Å². The van der Waals surface area contributed by atoms with E-state index in [9.17, 15) is 31.5 Å². The number of nitrogen functional groups attached to an aromatic ring is 1. The topological polar surface area (TPSA) is 148 Å². The summed E-state index contributed by atoms with van der Waals surface area (Å²) in [6.07, 6.45) is -4.84. The summed E-state index contributed by atoms with van der Waals surface area (Å²) in [7, 11) is -3.64. The highest BCUT2D eigenvalue weighted by Crippen LogP contribution is 2.46. The first-order valence-electron chi connectivity index (χ1n) is 14.9. The molecule has 10 nitrogen and oxygen atoms in total. The number of sulfone groups is 1. The van der Waals surface area contributed by atoms with Crippen LogP contribution in [0.2, 0.25) is 5.02 Å². The van der Waals surface area contributed by atoms with E-state index >= 15 is 0 Å². The van der Waals surface area contributed by atoms with Gasteiger partial charge in [0.2, 0.25) is 17.9 Å². The number of nitrogens with zero attached hydrogens (tertiary/aromatic N) is 3. The number of carboxylic acid groups (broad SMARTS) is 1. The lowest BCUT2D eigenvalue weighted by molar-refractivity contribution is -0.198. The fourth-order valence-electron chi connectivity index (χ4n) is 6.58. The van der Waals surface area contributed by atoms with Crippen LogP contribution in [0.3, 0.4) is 0 Å². The second kappa shape index (κ2) is 12.9. The molecule has 4 N–H and O–H groups in total. The standard InChI is InChI=1S/C31H35ClF3N5O5S/c1-3-24-30(17-23(37-24)28(41)42)10-12-40(13-11-30)25-16-26(39-29(36)38-25)45-27(31(33,34)35)21-9-8-19(32)15-22(21)18-6-5-7-20(14-18)46(43,44)4-2/h5-9,14-16,23-24,27,37H,3-4,10-13,17H2,1-2H3,(H,41,42)(H2,36,38,39)/t23?,24?,27-/m1/s1. The number of carboxylic acids is 1. The number of hydrogen-bond donors (Lipinski definition) is 3. The Morgan fingerprint density at radius 3 is 2.52 bits per heavy atom. The molecule has 3 atom stereocenters. The van der Waals surface area contributed by atoms with E-state index in [2.05, 4.69) is 15.3 Å². The number of alkyl halides is 3. The molecule has 1 spiro atoms. The first kappa shape index (κ1) is 33.7. The first-order chi connectivity index (χ1) is 21.7. The minimum atomic E-state index is -4.92. The number of hydrogen-bond acceptors (Lipinski definition) is 9. The second-order valence-corrected chi connectivity index (χ2v) is 14.4. The molecular weight excluding hydrogens is 647 g/mol. The molecule has 0 radical (unpaired) electrons. The van der Waals surface area contributed by atoms with E-state index in [0.29, 0.717) is 38.2 Å². The maximum Gasteiger partial charge on any atom is 0.429 e. The molecule has 1 aromatic heterocycles. The molecule has 0 bridgehead atoms. The van der Waals surface area contributed by atoms with E-state index in [1.807, 2.05) is 11.8 Å². The maximum atomic E-state index is 14.7. The van der Waals surface area contributed by atoms with Gasteiger partial charge in [-0.25, -0.2) is 8.42 Å². The van der Waals surface area contributed by atoms with Crippen LogP contribution in [0.5, 0.6) is 5.88 Å². The Morgan fingerprint density at radius 1 is 1.17 bits per heavy atom. The molecule has 2 aliphatic heterocycles. The average molecular weight is 682 g/mol. The zero-order chi connectivity index (χ0) is 33.4. The highest BCUT2D eigenvalue weighted by molar-refractivity contribution is 7.91. The fourth-order valence-corrected chi connectivity index (χ4v) is 7.68. The van der Waals surface area contributed by atoms with Gasteiger partial charge in [-0.1, -0.05) is 43.6 Å². The van der Waals surface area contributed by atoms with Crippen LogP contribution in [0.25, 0.3) is 11.1 Å². The number of benzene rings is 2. The van der Waals surface area contributed by atoms with Crippen LogP contribution in [-0.2, 0) is 14.6 Å². The molecule has 0 amide bonds. The van der Waals surface area contributed by atoms with Crippen LogP contribution < -0.4 is 20.7 Å². The third-order valence-electron chi connectivity index (χ3n) is 8.97. The summed E-state index contributed by atoms with van der Waals surface area (Å²) in [5, 5.41) is 12.9. The lowest BCUT2D eigenvalue weighted by atomic mass is 9.71. The van der Waals surface area contributed by atoms with E-state index in [4.69, 9.17) is 22.1 Å². The van der Waals surface area contributed by atoms with Gasteiger partial charge in [0, 0.05) is 35.8 Å². The molecule has 3 heterocycles. The quantitative estimate of drug-likeness (QED) is 0.258. The Labute approximate surface area is 270 Å². The van der Waals surface area contributed by atoms with Crippen LogP contribution in [0.1, 0.15) is 51.2 Å². The monoisotopic (exact) mass is 681 g/mol. The number of ether oxygens (including phenoxy) is 1. The number of aromatic nitrogens is 2. The predicted molar refractivity (Wildman–Crippen MR) is 168 cm³/mol. The molecule has 0 saturated carbocycles. The summed E-state index contributed by atoms with van der Waals surface area (Å²) in [5.74, 6) is -1.44.